The van der Waals surface area contributed by atoms with Gasteiger partial charge in [-0.25, -0.2) is 0 Å². The van der Waals surface area contributed by atoms with E-state index in [-0.39, 0.29) is 24.4 Å². The second-order valence-electron chi connectivity index (χ2n) is 4.01. The van der Waals surface area contributed by atoms with Crippen molar-refractivity contribution in [1.29, 1.82) is 0 Å². The van der Waals surface area contributed by atoms with E-state index in [1.165, 1.54) is 6.07 Å². The van der Waals surface area contributed by atoms with Crippen molar-refractivity contribution in [3.8, 4) is 5.75 Å². The molecule has 0 bridgehead atoms. The Kier molecular flexibility index (Phi) is 3.21. The minimum atomic E-state index is -0.657. The second kappa shape index (κ2) is 4.64. The van der Waals surface area contributed by atoms with Crippen molar-refractivity contribution < 1.29 is 14.8 Å². The first-order chi connectivity index (χ1) is 8.08. The monoisotopic (exact) mass is 239 g/mol. The molecule has 2 atom stereocenters. The molecule has 3 N–H and O–H groups in total. The van der Waals surface area contributed by atoms with Crippen molar-refractivity contribution in [1.82, 2.24) is 4.98 Å². The number of rotatable bonds is 4. The molecule has 1 aliphatic carbocycles. The highest BCUT2D eigenvalue weighted by atomic mass is 16.6. The molecule has 1 aliphatic rings. The normalized spacial score (nSPS) is 23.1. The Labute approximate surface area is 97.4 Å². The van der Waals surface area contributed by atoms with Crippen molar-refractivity contribution >= 4 is 5.69 Å². The Hall–Kier alpha value is -1.73. The maximum absolute atomic E-state index is 10.6. The number of hydrogen-bond acceptors (Lipinski definition) is 6. The SMILES string of the molecule is N[C@@H]1CC[C@H]1OCc1cc([N+](=O)[O-])c(O)cn1. The largest absolute Gasteiger partial charge is 0.501 e. The molecule has 1 aromatic heterocycles. The van der Waals surface area contributed by atoms with E-state index in [2.05, 4.69) is 4.98 Å². The van der Waals surface area contributed by atoms with Gasteiger partial charge in [-0.2, -0.15) is 0 Å². The molecule has 1 aromatic rings. The van der Waals surface area contributed by atoms with Gasteiger partial charge in [-0.1, -0.05) is 0 Å². The summed E-state index contributed by atoms with van der Waals surface area (Å²) >= 11 is 0. The van der Waals surface area contributed by atoms with E-state index in [4.69, 9.17) is 10.5 Å². The van der Waals surface area contributed by atoms with Crippen LogP contribution in [0.2, 0.25) is 0 Å². The molecular formula is C10H13N3O4. The van der Waals surface area contributed by atoms with Gasteiger partial charge < -0.3 is 15.6 Å². The molecule has 7 nitrogen and oxygen atoms in total. The summed E-state index contributed by atoms with van der Waals surface area (Å²) in [6.45, 7) is 0.166. The highest BCUT2D eigenvalue weighted by molar-refractivity contribution is 5.44. The van der Waals surface area contributed by atoms with Crippen LogP contribution in [0, 0.1) is 10.1 Å². The Morgan fingerprint density at radius 2 is 2.41 bits per heavy atom. The first-order valence-corrected chi connectivity index (χ1v) is 5.27. The summed E-state index contributed by atoms with van der Waals surface area (Å²) in [6, 6.07) is 1.25. The molecule has 1 fully saturated rings. The Balaban J connectivity index is 2.01. The number of nitrogens with two attached hydrogens (primary N) is 1. The van der Waals surface area contributed by atoms with Gasteiger partial charge in [-0.15, -0.1) is 0 Å². The lowest BCUT2D eigenvalue weighted by molar-refractivity contribution is -0.386. The zero-order valence-electron chi connectivity index (χ0n) is 9.07. The van der Waals surface area contributed by atoms with Crippen LogP contribution >= 0.6 is 0 Å². The maximum atomic E-state index is 10.6. The van der Waals surface area contributed by atoms with Crippen LogP contribution in [0.5, 0.6) is 5.75 Å². The number of aromatic nitrogens is 1. The van der Waals surface area contributed by atoms with E-state index < -0.39 is 10.7 Å². The van der Waals surface area contributed by atoms with Gasteiger partial charge in [0.2, 0.25) is 5.75 Å². The summed E-state index contributed by atoms with van der Waals surface area (Å²) in [5.41, 5.74) is 5.74. The van der Waals surface area contributed by atoms with Crippen LogP contribution in [0.3, 0.4) is 0 Å². The van der Waals surface area contributed by atoms with Crippen LogP contribution in [0.15, 0.2) is 12.3 Å². The molecule has 0 amide bonds. The number of aromatic hydroxyl groups is 1. The van der Waals surface area contributed by atoms with E-state index in [1.807, 2.05) is 0 Å². The molecule has 7 heteroatoms. The molecule has 1 heterocycles. The minimum absolute atomic E-state index is 0.00431. The van der Waals surface area contributed by atoms with Gasteiger partial charge in [0.1, 0.15) is 0 Å². The fourth-order valence-electron chi connectivity index (χ4n) is 1.60. The Bertz CT molecular complexity index is 438. The van der Waals surface area contributed by atoms with E-state index in [1.54, 1.807) is 0 Å². The van der Waals surface area contributed by atoms with Gasteiger partial charge in [0, 0.05) is 12.1 Å². The summed E-state index contributed by atoms with van der Waals surface area (Å²) in [6.07, 6.45) is 2.90. The van der Waals surface area contributed by atoms with Crippen LogP contribution in [-0.2, 0) is 11.3 Å². The first kappa shape index (κ1) is 11.7. The predicted octanol–water partition coefficient (Wildman–Crippen LogP) is 0.702. The number of ether oxygens (including phenoxy) is 1. The molecule has 0 aliphatic heterocycles. The molecule has 92 valence electrons. The van der Waals surface area contributed by atoms with Crippen molar-refractivity contribution in [3.05, 3.63) is 28.1 Å². The third-order valence-electron chi connectivity index (χ3n) is 2.82. The van der Waals surface area contributed by atoms with Crippen molar-refractivity contribution in [2.75, 3.05) is 0 Å². The summed E-state index contributed by atoms with van der Waals surface area (Å²) < 4.78 is 5.46. The molecule has 0 spiro atoms. The van der Waals surface area contributed by atoms with Crippen molar-refractivity contribution in [2.24, 2.45) is 5.73 Å². The Morgan fingerprint density at radius 3 is 2.94 bits per heavy atom. The van der Waals surface area contributed by atoms with E-state index in [0.29, 0.717) is 5.69 Å². The van der Waals surface area contributed by atoms with E-state index in [0.717, 1.165) is 19.0 Å². The van der Waals surface area contributed by atoms with Crippen LogP contribution in [0.1, 0.15) is 18.5 Å². The predicted molar refractivity (Wildman–Crippen MR) is 58.3 cm³/mol. The second-order valence-corrected chi connectivity index (χ2v) is 4.01. The van der Waals surface area contributed by atoms with Crippen molar-refractivity contribution in [2.45, 2.75) is 31.6 Å². The van der Waals surface area contributed by atoms with Gasteiger partial charge in [0.05, 0.1) is 29.5 Å². The summed E-state index contributed by atoms with van der Waals surface area (Å²) in [4.78, 5) is 13.8. The summed E-state index contributed by atoms with van der Waals surface area (Å²) in [7, 11) is 0. The molecule has 17 heavy (non-hydrogen) atoms. The molecular weight excluding hydrogens is 226 g/mol. The van der Waals surface area contributed by atoms with Gasteiger partial charge in [0.25, 0.3) is 0 Å². The highest BCUT2D eigenvalue weighted by Crippen LogP contribution is 2.26. The molecule has 2 rings (SSSR count). The average molecular weight is 239 g/mol. The zero-order chi connectivity index (χ0) is 12.4. The standard InChI is InChI=1S/C10H13N3O4/c11-7-1-2-10(7)17-5-6-3-8(13(15)16)9(14)4-12-6/h3-4,7,10,14H,1-2,5,11H2/t7-,10-/m1/s1. The third kappa shape index (κ3) is 2.51. The van der Waals surface area contributed by atoms with Crippen LogP contribution in [-0.4, -0.2) is 27.2 Å². The fraction of sp³-hybridized carbons (Fsp3) is 0.500. The first-order valence-electron chi connectivity index (χ1n) is 5.27. The van der Waals surface area contributed by atoms with E-state index in [9.17, 15) is 15.2 Å². The number of hydrogen-bond donors (Lipinski definition) is 2. The van der Waals surface area contributed by atoms with E-state index >= 15 is 0 Å². The van der Waals surface area contributed by atoms with Gasteiger partial charge in [-0.3, -0.25) is 15.1 Å². The highest BCUT2D eigenvalue weighted by Gasteiger charge is 2.28. The van der Waals surface area contributed by atoms with Crippen molar-refractivity contribution in [3.63, 3.8) is 0 Å². The third-order valence-corrected chi connectivity index (χ3v) is 2.82. The summed E-state index contributed by atoms with van der Waals surface area (Å²) in [5, 5.41) is 19.8. The van der Waals surface area contributed by atoms with Crippen LogP contribution < -0.4 is 5.73 Å². The lowest BCUT2D eigenvalue weighted by Crippen LogP contribution is -2.45. The van der Waals surface area contributed by atoms with Crippen LogP contribution in [0.25, 0.3) is 0 Å². The maximum Gasteiger partial charge on any atom is 0.314 e. The minimum Gasteiger partial charge on any atom is -0.501 e. The molecule has 0 saturated heterocycles. The molecule has 0 radical (unpaired) electrons. The number of pyridine rings is 1. The molecule has 0 unspecified atom stereocenters. The topological polar surface area (TPSA) is 112 Å². The summed E-state index contributed by atoms with van der Waals surface area (Å²) in [5.74, 6) is -0.445. The van der Waals surface area contributed by atoms with Gasteiger partial charge >= 0.3 is 5.69 Å². The molecule has 0 aromatic carbocycles. The zero-order valence-corrected chi connectivity index (χ0v) is 9.07. The fourth-order valence-corrected chi connectivity index (χ4v) is 1.60. The average Bonchev–Trinajstić information content (AvgIpc) is 2.29. The number of nitrogens with zero attached hydrogens (tertiary/aromatic N) is 2. The Morgan fingerprint density at radius 1 is 1.65 bits per heavy atom. The van der Waals surface area contributed by atoms with Gasteiger partial charge in [0.15, 0.2) is 0 Å². The lowest BCUT2D eigenvalue weighted by atomic mass is 9.90. The smallest absolute Gasteiger partial charge is 0.314 e. The van der Waals surface area contributed by atoms with Gasteiger partial charge in [-0.05, 0) is 12.8 Å². The number of nitro groups is 1. The molecule has 1 saturated carbocycles. The lowest BCUT2D eigenvalue weighted by Gasteiger charge is -2.33. The van der Waals surface area contributed by atoms with Crippen LogP contribution in [0.4, 0.5) is 5.69 Å². The quantitative estimate of drug-likeness (QED) is 0.591.